The number of hydrogen-bond donors (Lipinski definition) is 3. The molecular weight excluding hydrogens is 367 g/mol. The molecule has 1 aliphatic rings. The van der Waals surface area contributed by atoms with E-state index in [2.05, 4.69) is 9.97 Å². The van der Waals surface area contributed by atoms with Crippen molar-refractivity contribution in [1.29, 1.82) is 0 Å². The number of nitrogens with zero attached hydrogens (tertiary/aromatic N) is 2. The Labute approximate surface area is 152 Å². The molecule has 1 fully saturated rings. The van der Waals surface area contributed by atoms with Crippen LogP contribution in [0.4, 0.5) is 19.1 Å². The van der Waals surface area contributed by atoms with Crippen molar-refractivity contribution in [3.8, 4) is 5.75 Å². The molecule has 0 aliphatic carbocycles. The van der Waals surface area contributed by atoms with Gasteiger partial charge in [0.2, 0.25) is 5.91 Å². The molecule has 1 unspecified atom stereocenters. The third-order valence-corrected chi connectivity index (χ3v) is 4.25. The number of ether oxygens (including phenoxy) is 2. The zero-order chi connectivity index (χ0) is 19.6. The number of nitrogen functional groups attached to an aromatic ring is 1. The van der Waals surface area contributed by atoms with Gasteiger partial charge in [-0.15, -0.1) is 0 Å². The van der Waals surface area contributed by atoms with Gasteiger partial charge in [-0.05, 0) is 18.6 Å². The van der Waals surface area contributed by atoms with Gasteiger partial charge in [0.1, 0.15) is 11.3 Å². The average molecular weight is 387 g/mol. The van der Waals surface area contributed by atoms with Crippen LogP contribution >= 0.6 is 0 Å². The summed E-state index contributed by atoms with van der Waals surface area (Å²) >= 11 is 0. The second-order valence-electron chi connectivity index (χ2n) is 6.26. The number of aromatic nitrogens is 2. The van der Waals surface area contributed by atoms with Crippen LogP contribution in [0.1, 0.15) is 16.8 Å². The van der Waals surface area contributed by atoms with E-state index >= 15 is 0 Å². The Morgan fingerprint density at radius 3 is 2.93 bits per heavy atom. The first-order valence-electron chi connectivity index (χ1n) is 8.36. The molecule has 0 radical (unpaired) electrons. The SMILES string of the molecule is NC(=O)c1cc(OCCCN2CCOC(C(F)(F)F)C2)c2nc(N)[nH]c2c1. The van der Waals surface area contributed by atoms with E-state index in [-0.39, 0.29) is 31.3 Å². The van der Waals surface area contributed by atoms with Crippen molar-refractivity contribution >= 4 is 22.9 Å². The van der Waals surface area contributed by atoms with E-state index in [1.54, 1.807) is 4.90 Å². The predicted molar refractivity (Wildman–Crippen MR) is 91.4 cm³/mol. The molecule has 3 rings (SSSR count). The average Bonchev–Trinajstić information content (AvgIpc) is 2.98. The number of primary amides is 1. The van der Waals surface area contributed by atoms with Crippen molar-refractivity contribution in [3.63, 3.8) is 0 Å². The van der Waals surface area contributed by atoms with E-state index in [1.165, 1.54) is 12.1 Å². The van der Waals surface area contributed by atoms with Crippen LogP contribution in [0, 0.1) is 0 Å². The third kappa shape index (κ3) is 4.61. The van der Waals surface area contributed by atoms with Gasteiger partial charge in [0.25, 0.3) is 0 Å². The highest BCUT2D eigenvalue weighted by Crippen LogP contribution is 2.27. The van der Waals surface area contributed by atoms with Gasteiger partial charge >= 0.3 is 6.18 Å². The summed E-state index contributed by atoms with van der Waals surface area (Å²) in [6.07, 6.45) is -5.63. The monoisotopic (exact) mass is 387 g/mol. The fourth-order valence-electron chi connectivity index (χ4n) is 2.93. The number of aromatic amines is 1. The fraction of sp³-hybridized carbons (Fsp3) is 0.500. The second-order valence-corrected chi connectivity index (χ2v) is 6.26. The number of amides is 1. The minimum atomic E-state index is -4.37. The highest BCUT2D eigenvalue weighted by Gasteiger charge is 2.43. The molecule has 1 aliphatic heterocycles. The van der Waals surface area contributed by atoms with E-state index in [1.807, 2.05) is 0 Å². The lowest BCUT2D eigenvalue weighted by atomic mass is 10.1. The molecule has 27 heavy (non-hydrogen) atoms. The number of benzene rings is 1. The van der Waals surface area contributed by atoms with Crippen molar-refractivity contribution in [2.75, 3.05) is 38.6 Å². The van der Waals surface area contributed by atoms with E-state index in [0.717, 1.165) is 0 Å². The molecule has 5 N–H and O–H groups in total. The Bertz CT molecular complexity index is 823. The first-order chi connectivity index (χ1) is 12.7. The zero-order valence-corrected chi connectivity index (χ0v) is 14.4. The molecule has 1 aromatic heterocycles. The predicted octanol–water partition coefficient (Wildman–Crippen LogP) is 1.28. The van der Waals surface area contributed by atoms with Gasteiger partial charge in [-0.3, -0.25) is 9.69 Å². The number of imidazole rings is 1. The molecule has 0 spiro atoms. The Morgan fingerprint density at radius 1 is 1.44 bits per heavy atom. The van der Waals surface area contributed by atoms with E-state index in [9.17, 15) is 18.0 Å². The molecule has 1 amide bonds. The van der Waals surface area contributed by atoms with Crippen LogP contribution in [0.15, 0.2) is 12.1 Å². The summed E-state index contributed by atoms with van der Waals surface area (Å²) in [7, 11) is 0. The maximum Gasteiger partial charge on any atom is 0.415 e. The molecule has 1 saturated heterocycles. The number of alkyl halides is 3. The standard InChI is InChI=1S/C16H20F3N5O3/c17-16(18,19)12-8-24(3-5-27-12)2-1-4-26-11-7-9(14(20)25)6-10-13(11)23-15(21)22-10/h6-7,12H,1-5,8H2,(H2,20,25)(H3,21,22,23). The highest BCUT2D eigenvalue weighted by atomic mass is 19.4. The summed E-state index contributed by atoms with van der Waals surface area (Å²) in [6, 6.07) is 3.00. The van der Waals surface area contributed by atoms with Crippen LogP contribution < -0.4 is 16.2 Å². The number of hydrogen-bond acceptors (Lipinski definition) is 6. The van der Waals surface area contributed by atoms with Crippen LogP contribution in [0.5, 0.6) is 5.75 Å². The summed E-state index contributed by atoms with van der Waals surface area (Å²) < 4.78 is 48.7. The Kier molecular flexibility index (Phi) is 5.42. The van der Waals surface area contributed by atoms with Gasteiger partial charge in [0.15, 0.2) is 12.1 Å². The smallest absolute Gasteiger partial charge is 0.415 e. The summed E-state index contributed by atoms with van der Waals surface area (Å²) in [6.45, 7) is 0.943. The Morgan fingerprint density at radius 2 is 2.22 bits per heavy atom. The summed E-state index contributed by atoms with van der Waals surface area (Å²) in [5.74, 6) is -0.117. The molecule has 1 atom stereocenters. The largest absolute Gasteiger partial charge is 0.491 e. The van der Waals surface area contributed by atoms with Crippen molar-refractivity contribution in [1.82, 2.24) is 14.9 Å². The molecule has 2 aromatic rings. The zero-order valence-electron chi connectivity index (χ0n) is 14.4. The van der Waals surface area contributed by atoms with E-state index in [0.29, 0.717) is 36.3 Å². The van der Waals surface area contributed by atoms with Crippen molar-refractivity contribution in [2.24, 2.45) is 5.73 Å². The van der Waals surface area contributed by atoms with Gasteiger partial charge in [-0.25, -0.2) is 4.98 Å². The molecule has 0 bridgehead atoms. The Balaban J connectivity index is 1.58. The van der Waals surface area contributed by atoms with Crippen LogP contribution in [0.25, 0.3) is 11.0 Å². The number of nitrogens with one attached hydrogen (secondary N) is 1. The van der Waals surface area contributed by atoms with E-state index in [4.69, 9.17) is 20.9 Å². The summed E-state index contributed by atoms with van der Waals surface area (Å²) in [5.41, 5.74) is 12.2. The van der Waals surface area contributed by atoms with Gasteiger partial charge < -0.3 is 25.9 Å². The first-order valence-corrected chi connectivity index (χ1v) is 8.36. The molecular formula is C16H20F3N5O3. The number of carbonyl (C=O) groups is 1. The highest BCUT2D eigenvalue weighted by molar-refractivity contribution is 5.98. The van der Waals surface area contributed by atoms with Gasteiger partial charge in [-0.1, -0.05) is 0 Å². The number of halogens is 3. The summed E-state index contributed by atoms with van der Waals surface area (Å²) in [4.78, 5) is 20.0. The van der Waals surface area contributed by atoms with Crippen molar-refractivity contribution in [3.05, 3.63) is 17.7 Å². The first kappa shape index (κ1) is 19.2. The van der Waals surface area contributed by atoms with E-state index < -0.39 is 18.2 Å². The molecule has 2 heterocycles. The van der Waals surface area contributed by atoms with Crippen molar-refractivity contribution in [2.45, 2.75) is 18.7 Å². The van der Waals surface area contributed by atoms with Crippen LogP contribution in [-0.2, 0) is 4.74 Å². The summed E-state index contributed by atoms with van der Waals surface area (Å²) in [5, 5.41) is 0. The lowest BCUT2D eigenvalue weighted by Gasteiger charge is -2.33. The number of nitrogens with two attached hydrogens (primary N) is 2. The number of rotatable bonds is 6. The maximum absolute atomic E-state index is 12.7. The third-order valence-electron chi connectivity index (χ3n) is 4.25. The van der Waals surface area contributed by atoms with Crippen molar-refractivity contribution < 1.29 is 27.4 Å². The quantitative estimate of drug-likeness (QED) is 0.643. The number of morpholine rings is 1. The fourth-order valence-corrected chi connectivity index (χ4v) is 2.93. The molecule has 1 aromatic carbocycles. The minimum absolute atomic E-state index is 0.0405. The number of fused-ring (bicyclic) bond motifs is 1. The lowest BCUT2D eigenvalue weighted by molar-refractivity contribution is -0.237. The molecule has 0 saturated carbocycles. The normalized spacial score (nSPS) is 18.7. The minimum Gasteiger partial charge on any atom is -0.491 e. The Hall–Kier alpha value is -2.53. The maximum atomic E-state index is 12.7. The topological polar surface area (TPSA) is 119 Å². The van der Waals surface area contributed by atoms with Crippen LogP contribution in [-0.4, -0.2) is 65.9 Å². The van der Waals surface area contributed by atoms with Crippen LogP contribution in [0.2, 0.25) is 0 Å². The van der Waals surface area contributed by atoms with Gasteiger partial charge in [0, 0.05) is 25.2 Å². The lowest BCUT2D eigenvalue weighted by Crippen LogP contribution is -2.49. The van der Waals surface area contributed by atoms with Gasteiger partial charge in [0.05, 0.1) is 18.7 Å². The number of H-pyrrole nitrogens is 1. The molecule has 11 heteroatoms. The van der Waals surface area contributed by atoms with Gasteiger partial charge in [-0.2, -0.15) is 13.2 Å². The number of carbonyl (C=O) groups excluding carboxylic acids is 1. The molecule has 148 valence electrons. The number of anilines is 1. The second kappa shape index (κ2) is 7.61. The van der Waals surface area contributed by atoms with Crippen LogP contribution in [0.3, 0.4) is 0 Å². The molecule has 8 nitrogen and oxygen atoms in total.